The van der Waals surface area contributed by atoms with Gasteiger partial charge in [-0.3, -0.25) is 9.59 Å². The van der Waals surface area contributed by atoms with Crippen molar-refractivity contribution in [3.05, 3.63) is 78.1 Å². The van der Waals surface area contributed by atoms with Gasteiger partial charge in [-0.1, -0.05) is 48.5 Å². The van der Waals surface area contributed by atoms with Gasteiger partial charge in [0.25, 0.3) is 5.91 Å². The summed E-state index contributed by atoms with van der Waals surface area (Å²) >= 11 is 0. The Bertz CT molecular complexity index is 1290. The van der Waals surface area contributed by atoms with E-state index in [0.29, 0.717) is 6.54 Å². The predicted molar refractivity (Wildman–Crippen MR) is 120 cm³/mol. The van der Waals surface area contributed by atoms with Crippen LogP contribution in [0.2, 0.25) is 0 Å². The second kappa shape index (κ2) is 7.91. The molecule has 4 aromatic rings. The Morgan fingerprint density at radius 2 is 1.87 bits per heavy atom. The van der Waals surface area contributed by atoms with Gasteiger partial charge in [-0.25, -0.2) is 0 Å². The number of carbonyl (C=O) groups is 2. The molecule has 1 aromatic heterocycles. The molecule has 1 atom stereocenters. The molecule has 0 bridgehead atoms. The summed E-state index contributed by atoms with van der Waals surface area (Å²) in [5, 5.41) is 3.03. The molecule has 0 saturated heterocycles. The second-order valence-corrected chi connectivity index (χ2v) is 7.95. The van der Waals surface area contributed by atoms with E-state index >= 15 is 0 Å². The fourth-order valence-electron chi connectivity index (χ4n) is 4.43. The van der Waals surface area contributed by atoms with Crippen LogP contribution in [0.3, 0.4) is 0 Å². The van der Waals surface area contributed by atoms with Crippen LogP contribution >= 0.6 is 0 Å². The first-order chi connectivity index (χ1) is 15.1. The quantitative estimate of drug-likeness (QED) is 0.440. The van der Waals surface area contributed by atoms with Crippen molar-refractivity contribution in [1.82, 2.24) is 0 Å². The molecule has 1 aliphatic rings. The average Bonchev–Trinajstić information content (AvgIpc) is 3.21. The van der Waals surface area contributed by atoms with E-state index in [1.165, 1.54) is 0 Å². The summed E-state index contributed by atoms with van der Waals surface area (Å²) in [5.41, 5.74) is 3.56. The number of fused-ring (bicyclic) bond motifs is 4. The van der Waals surface area contributed by atoms with Crippen LogP contribution in [0.1, 0.15) is 24.5 Å². The molecular formula is C26H23NO4. The molecule has 5 nitrogen and oxygen atoms in total. The minimum Gasteiger partial charge on any atom is -0.464 e. The van der Waals surface area contributed by atoms with E-state index < -0.39 is 12.1 Å². The number of hydrogen-bond acceptors (Lipinski definition) is 4. The summed E-state index contributed by atoms with van der Waals surface area (Å²) in [4.78, 5) is 27.4. The fourth-order valence-corrected chi connectivity index (χ4v) is 4.43. The number of rotatable bonds is 4. The SMILES string of the molecule is CC(OC(=O)Cc1coc2ccc3ccccc3c12)C(=O)N1CCCc2ccccc21. The molecule has 156 valence electrons. The Balaban J connectivity index is 1.33. The number of amides is 1. The molecule has 2 heterocycles. The van der Waals surface area contributed by atoms with Gasteiger partial charge in [-0.2, -0.15) is 0 Å². The second-order valence-electron chi connectivity index (χ2n) is 7.95. The number of nitrogens with zero attached hydrogens (tertiary/aromatic N) is 1. The van der Waals surface area contributed by atoms with Crippen LogP contribution in [0.15, 0.2) is 71.3 Å². The Morgan fingerprint density at radius 1 is 1.06 bits per heavy atom. The van der Waals surface area contributed by atoms with E-state index in [1.54, 1.807) is 18.1 Å². The summed E-state index contributed by atoms with van der Waals surface area (Å²) in [6.07, 6.45) is 2.65. The average molecular weight is 413 g/mol. The van der Waals surface area contributed by atoms with Crippen LogP contribution in [0.5, 0.6) is 0 Å². The van der Waals surface area contributed by atoms with Crippen molar-refractivity contribution in [3.63, 3.8) is 0 Å². The lowest BCUT2D eigenvalue weighted by Crippen LogP contribution is -2.42. The van der Waals surface area contributed by atoms with Crippen molar-refractivity contribution >= 4 is 39.3 Å². The van der Waals surface area contributed by atoms with Crippen LogP contribution in [0, 0.1) is 0 Å². The van der Waals surface area contributed by atoms with Gasteiger partial charge < -0.3 is 14.1 Å². The molecule has 5 heteroatoms. The summed E-state index contributed by atoms with van der Waals surface area (Å²) < 4.78 is 11.2. The van der Waals surface area contributed by atoms with E-state index in [1.807, 2.05) is 60.7 Å². The van der Waals surface area contributed by atoms with Crippen LogP contribution in [-0.4, -0.2) is 24.5 Å². The van der Waals surface area contributed by atoms with Crippen molar-refractivity contribution in [2.75, 3.05) is 11.4 Å². The third-order valence-corrected chi connectivity index (χ3v) is 5.91. The van der Waals surface area contributed by atoms with E-state index in [2.05, 4.69) is 0 Å². The molecule has 0 saturated carbocycles. The van der Waals surface area contributed by atoms with Crippen molar-refractivity contribution in [1.29, 1.82) is 0 Å². The van der Waals surface area contributed by atoms with Gasteiger partial charge in [0.15, 0.2) is 6.10 Å². The van der Waals surface area contributed by atoms with Gasteiger partial charge in [0.2, 0.25) is 0 Å². The first kappa shape index (κ1) is 19.4. The molecule has 1 amide bonds. The highest BCUT2D eigenvalue weighted by atomic mass is 16.5. The number of carbonyl (C=O) groups excluding carboxylic acids is 2. The number of aryl methyl sites for hydroxylation is 1. The van der Waals surface area contributed by atoms with E-state index in [-0.39, 0.29) is 12.3 Å². The molecule has 31 heavy (non-hydrogen) atoms. The van der Waals surface area contributed by atoms with Crippen molar-refractivity contribution in [3.8, 4) is 0 Å². The number of benzene rings is 3. The van der Waals surface area contributed by atoms with Crippen molar-refractivity contribution in [2.45, 2.75) is 32.3 Å². The van der Waals surface area contributed by atoms with Gasteiger partial charge >= 0.3 is 5.97 Å². The highest BCUT2D eigenvalue weighted by Gasteiger charge is 2.28. The smallest absolute Gasteiger partial charge is 0.311 e. The number of ether oxygens (including phenoxy) is 1. The maximum absolute atomic E-state index is 13.0. The summed E-state index contributed by atoms with van der Waals surface area (Å²) in [5.74, 6) is -0.634. The van der Waals surface area contributed by atoms with Crippen LogP contribution < -0.4 is 4.90 Å². The minimum absolute atomic E-state index is 0.0508. The zero-order valence-corrected chi connectivity index (χ0v) is 17.3. The lowest BCUT2D eigenvalue weighted by atomic mass is 10.0. The van der Waals surface area contributed by atoms with Gasteiger partial charge in [-0.15, -0.1) is 0 Å². The zero-order chi connectivity index (χ0) is 21.4. The Morgan fingerprint density at radius 3 is 2.77 bits per heavy atom. The van der Waals surface area contributed by atoms with Crippen molar-refractivity contribution in [2.24, 2.45) is 0 Å². The van der Waals surface area contributed by atoms with Crippen molar-refractivity contribution < 1.29 is 18.7 Å². The van der Waals surface area contributed by atoms with Gasteiger partial charge in [0, 0.05) is 23.2 Å². The lowest BCUT2D eigenvalue weighted by molar-refractivity contribution is -0.153. The monoisotopic (exact) mass is 413 g/mol. The van der Waals surface area contributed by atoms with E-state index in [9.17, 15) is 9.59 Å². The maximum Gasteiger partial charge on any atom is 0.311 e. The summed E-state index contributed by atoms with van der Waals surface area (Å²) in [6.45, 7) is 2.27. The molecule has 0 spiro atoms. The van der Waals surface area contributed by atoms with Gasteiger partial charge in [0.05, 0.1) is 12.7 Å². The molecule has 0 fully saturated rings. The first-order valence-electron chi connectivity index (χ1n) is 10.6. The summed E-state index contributed by atoms with van der Waals surface area (Å²) in [6, 6.07) is 19.8. The molecule has 5 rings (SSSR count). The normalized spacial score (nSPS) is 14.4. The van der Waals surface area contributed by atoms with Crippen LogP contribution in [0.25, 0.3) is 21.7 Å². The van der Waals surface area contributed by atoms with E-state index in [0.717, 1.165) is 51.4 Å². The topological polar surface area (TPSA) is 59.8 Å². The zero-order valence-electron chi connectivity index (χ0n) is 17.3. The maximum atomic E-state index is 13.0. The molecule has 3 aromatic carbocycles. The minimum atomic E-state index is -0.853. The number of para-hydroxylation sites is 1. The molecule has 0 radical (unpaired) electrons. The lowest BCUT2D eigenvalue weighted by Gasteiger charge is -2.31. The molecule has 1 unspecified atom stereocenters. The Kier molecular flexibility index (Phi) is 4.94. The number of hydrogen-bond donors (Lipinski definition) is 0. The molecule has 1 aliphatic heterocycles. The molecule has 0 N–H and O–H groups in total. The van der Waals surface area contributed by atoms with Crippen LogP contribution in [-0.2, 0) is 27.2 Å². The van der Waals surface area contributed by atoms with Gasteiger partial charge in [-0.05, 0) is 48.2 Å². The predicted octanol–water partition coefficient (Wildman–Crippen LogP) is 5.04. The highest BCUT2D eigenvalue weighted by molar-refractivity contribution is 6.08. The van der Waals surface area contributed by atoms with Crippen LogP contribution in [0.4, 0.5) is 5.69 Å². The number of esters is 1. The highest BCUT2D eigenvalue weighted by Crippen LogP contribution is 2.31. The first-order valence-corrected chi connectivity index (χ1v) is 10.6. The largest absolute Gasteiger partial charge is 0.464 e. The standard InChI is InChI=1S/C26H23NO4/c1-17(26(29)27-14-6-9-19-8-3-5-11-22(19)27)31-24(28)15-20-16-30-23-13-12-18-7-2-4-10-21(18)25(20)23/h2-5,7-8,10-13,16-17H,6,9,14-15H2,1H3. The number of furan rings is 1. The Labute approximate surface area is 180 Å². The third kappa shape index (κ3) is 3.56. The Hall–Kier alpha value is -3.60. The molecule has 0 aliphatic carbocycles. The summed E-state index contributed by atoms with van der Waals surface area (Å²) in [7, 11) is 0. The number of anilines is 1. The third-order valence-electron chi connectivity index (χ3n) is 5.91. The van der Waals surface area contributed by atoms with E-state index in [4.69, 9.17) is 9.15 Å². The van der Waals surface area contributed by atoms with Gasteiger partial charge in [0.1, 0.15) is 5.58 Å². The molecular weight excluding hydrogens is 390 g/mol. The fraction of sp³-hybridized carbons (Fsp3) is 0.231.